The summed E-state index contributed by atoms with van der Waals surface area (Å²) >= 11 is 0. The summed E-state index contributed by atoms with van der Waals surface area (Å²) < 4.78 is 49.8. The number of rotatable bonds is 6. The smallest absolute Gasteiger partial charge is 0.472 e. The van der Waals surface area contributed by atoms with Crippen molar-refractivity contribution in [2.45, 2.75) is 69.6 Å². The van der Waals surface area contributed by atoms with Crippen LogP contribution < -0.4 is 0 Å². The number of piperidine rings is 1. The molecule has 0 radical (unpaired) electrons. The molecule has 1 aromatic carbocycles. The standard InChI is InChI=1S/C30H34F3N3O5/c1-34(2)22-10-13-35(14-11-22)25(37)17-36-24-9-8-20(28(38)41-29(39)30(31,32)33)16-23(24)26(19-6-4-3-5-7-19)27(36)21-12-15-40-18-21/h8-9,12,15-16,18-19,22H,3-7,10-11,13-14,17H2,1-2H3. The Kier molecular flexibility index (Phi) is 8.26. The van der Waals surface area contributed by atoms with Crippen molar-refractivity contribution in [3.8, 4) is 11.3 Å². The Bertz CT molecular complexity index is 1410. The summed E-state index contributed by atoms with van der Waals surface area (Å²) in [5.41, 5.74) is 3.01. The summed E-state index contributed by atoms with van der Waals surface area (Å²) in [5, 5.41) is 0.654. The molecule has 0 atom stereocenters. The van der Waals surface area contributed by atoms with Gasteiger partial charge in [0.15, 0.2) is 0 Å². The highest BCUT2D eigenvalue weighted by Gasteiger charge is 2.42. The minimum atomic E-state index is -5.29. The first-order chi connectivity index (χ1) is 19.5. The van der Waals surface area contributed by atoms with E-state index in [-0.39, 0.29) is 23.9 Å². The molecule has 0 bridgehead atoms. The third kappa shape index (κ3) is 6.05. The Balaban J connectivity index is 1.57. The molecule has 220 valence electrons. The maximum absolute atomic E-state index is 13.6. The van der Waals surface area contributed by atoms with E-state index in [1.165, 1.54) is 12.1 Å². The average molecular weight is 574 g/mol. The fourth-order valence-electron chi connectivity index (χ4n) is 6.25. The predicted octanol–water partition coefficient (Wildman–Crippen LogP) is 5.75. The molecule has 11 heteroatoms. The number of benzene rings is 1. The highest BCUT2D eigenvalue weighted by Crippen LogP contribution is 2.44. The molecular weight excluding hydrogens is 539 g/mol. The van der Waals surface area contributed by atoms with Gasteiger partial charge in [-0.3, -0.25) is 4.79 Å². The number of likely N-dealkylation sites (tertiary alicyclic amines) is 1. The third-order valence-corrected chi connectivity index (χ3v) is 8.40. The number of carbonyl (C=O) groups is 3. The first-order valence-electron chi connectivity index (χ1n) is 14.0. The maximum Gasteiger partial charge on any atom is 0.491 e. The molecule has 1 saturated carbocycles. The molecule has 8 nitrogen and oxygen atoms in total. The fraction of sp³-hybridized carbons (Fsp3) is 0.500. The summed E-state index contributed by atoms with van der Waals surface area (Å²) in [6.07, 6.45) is 4.59. The Morgan fingerprint density at radius 3 is 2.34 bits per heavy atom. The lowest BCUT2D eigenvalue weighted by Crippen LogP contribution is -2.45. The highest BCUT2D eigenvalue weighted by molar-refractivity contribution is 6.03. The van der Waals surface area contributed by atoms with Crippen LogP contribution in [0, 0.1) is 0 Å². The summed E-state index contributed by atoms with van der Waals surface area (Å²) in [6.45, 7) is 1.37. The van der Waals surface area contributed by atoms with Gasteiger partial charge in [0.2, 0.25) is 5.91 Å². The van der Waals surface area contributed by atoms with E-state index in [0.717, 1.165) is 61.8 Å². The van der Waals surface area contributed by atoms with Crippen molar-refractivity contribution in [2.24, 2.45) is 0 Å². The van der Waals surface area contributed by atoms with E-state index in [2.05, 4.69) is 9.64 Å². The van der Waals surface area contributed by atoms with E-state index in [9.17, 15) is 27.6 Å². The van der Waals surface area contributed by atoms with Crippen LogP contribution in [0.5, 0.6) is 0 Å². The second-order valence-electron chi connectivity index (χ2n) is 11.2. The molecule has 1 saturated heterocycles. The summed E-state index contributed by atoms with van der Waals surface area (Å²) in [4.78, 5) is 41.6. The molecule has 3 heterocycles. The number of aromatic nitrogens is 1. The molecule has 41 heavy (non-hydrogen) atoms. The van der Waals surface area contributed by atoms with Crippen LogP contribution in [0.15, 0.2) is 41.2 Å². The van der Waals surface area contributed by atoms with Gasteiger partial charge in [-0.15, -0.1) is 0 Å². The fourth-order valence-corrected chi connectivity index (χ4v) is 6.25. The van der Waals surface area contributed by atoms with E-state index < -0.39 is 18.1 Å². The van der Waals surface area contributed by atoms with Crippen molar-refractivity contribution in [2.75, 3.05) is 27.2 Å². The van der Waals surface area contributed by atoms with Crippen molar-refractivity contribution >= 4 is 28.7 Å². The number of fused-ring (bicyclic) bond motifs is 1. The number of furan rings is 1. The molecule has 1 aliphatic carbocycles. The molecule has 0 N–H and O–H groups in total. The van der Waals surface area contributed by atoms with Crippen LogP contribution in [-0.2, 0) is 20.9 Å². The third-order valence-electron chi connectivity index (χ3n) is 8.40. The Labute approximate surface area is 236 Å². The SMILES string of the molecule is CN(C)C1CCN(C(=O)Cn2c(-c3ccoc3)c(C3CCCCC3)c3cc(C(=O)OC(=O)C(F)(F)F)ccc32)CC1. The van der Waals surface area contributed by atoms with Gasteiger partial charge in [-0.05, 0) is 75.5 Å². The lowest BCUT2D eigenvalue weighted by atomic mass is 9.82. The summed E-state index contributed by atoms with van der Waals surface area (Å²) in [6, 6.07) is 6.68. The van der Waals surface area contributed by atoms with Gasteiger partial charge in [0.1, 0.15) is 6.54 Å². The van der Waals surface area contributed by atoms with Gasteiger partial charge in [-0.2, -0.15) is 13.2 Å². The van der Waals surface area contributed by atoms with Crippen molar-refractivity contribution in [1.82, 2.24) is 14.4 Å². The Morgan fingerprint density at radius 2 is 1.73 bits per heavy atom. The van der Waals surface area contributed by atoms with E-state index in [1.54, 1.807) is 18.6 Å². The van der Waals surface area contributed by atoms with Crippen LogP contribution in [0.3, 0.4) is 0 Å². The van der Waals surface area contributed by atoms with Gasteiger partial charge >= 0.3 is 18.1 Å². The topological polar surface area (TPSA) is 85.0 Å². The molecule has 2 aliphatic rings. The van der Waals surface area contributed by atoms with Gasteiger partial charge in [0, 0.05) is 35.6 Å². The van der Waals surface area contributed by atoms with Gasteiger partial charge in [0.05, 0.1) is 23.8 Å². The Hall–Kier alpha value is -3.60. The van der Waals surface area contributed by atoms with E-state index >= 15 is 0 Å². The van der Waals surface area contributed by atoms with E-state index in [4.69, 9.17) is 4.42 Å². The van der Waals surface area contributed by atoms with Crippen molar-refractivity contribution in [3.05, 3.63) is 47.9 Å². The first-order valence-corrected chi connectivity index (χ1v) is 14.0. The van der Waals surface area contributed by atoms with Crippen LogP contribution in [0.4, 0.5) is 13.2 Å². The van der Waals surface area contributed by atoms with Gasteiger partial charge in [-0.25, -0.2) is 9.59 Å². The zero-order valence-electron chi connectivity index (χ0n) is 23.2. The molecule has 1 aliphatic heterocycles. The normalized spacial score (nSPS) is 17.4. The lowest BCUT2D eigenvalue weighted by molar-refractivity contribution is -0.193. The predicted molar refractivity (Wildman–Crippen MR) is 145 cm³/mol. The van der Waals surface area contributed by atoms with Crippen LogP contribution in [0.1, 0.15) is 66.8 Å². The number of nitrogens with zero attached hydrogens (tertiary/aromatic N) is 3. The van der Waals surface area contributed by atoms with Crippen molar-refractivity contribution in [3.63, 3.8) is 0 Å². The van der Waals surface area contributed by atoms with E-state index in [1.807, 2.05) is 29.6 Å². The Morgan fingerprint density at radius 1 is 1.02 bits per heavy atom. The maximum atomic E-state index is 13.6. The molecule has 0 spiro atoms. The molecule has 2 aromatic heterocycles. The second-order valence-corrected chi connectivity index (χ2v) is 11.2. The number of halogens is 3. The zero-order valence-corrected chi connectivity index (χ0v) is 23.2. The number of amides is 1. The summed E-state index contributed by atoms with van der Waals surface area (Å²) in [5.74, 6) is -3.85. The van der Waals surface area contributed by atoms with Crippen LogP contribution in [0.25, 0.3) is 22.2 Å². The monoisotopic (exact) mass is 573 g/mol. The van der Waals surface area contributed by atoms with Crippen molar-refractivity contribution < 1.29 is 36.7 Å². The number of hydrogen-bond donors (Lipinski definition) is 0. The number of hydrogen-bond acceptors (Lipinski definition) is 6. The molecule has 5 rings (SSSR count). The second kappa shape index (κ2) is 11.7. The highest BCUT2D eigenvalue weighted by atomic mass is 19.4. The largest absolute Gasteiger partial charge is 0.491 e. The zero-order chi connectivity index (χ0) is 29.3. The number of alkyl halides is 3. The first kappa shape index (κ1) is 28.9. The van der Waals surface area contributed by atoms with Gasteiger partial charge in [0.25, 0.3) is 0 Å². The van der Waals surface area contributed by atoms with Gasteiger partial charge in [-0.1, -0.05) is 19.3 Å². The number of esters is 2. The minimum Gasteiger partial charge on any atom is -0.472 e. The van der Waals surface area contributed by atoms with E-state index in [0.29, 0.717) is 30.0 Å². The quantitative estimate of drug-likeness (QED) is 0.276. The molecule has 2 fully saturated rings. The molecule has 0 unspecified atom stereocenters. The van der Waals surface area contributed by atoms with Crippen LogP contribution in [0.2, 0.25) is 0 Å². The van der Waals surface area contributed by atoms with Crippen molar-refractivity contribution in [1.29, 1.82) is 0 Å². The van der Waals surface area contributed by atoms with Crippen LogP contribution in [-0.4, -0.2) is 71.6 Å². The lowest BCUT2D eigenvalue weighted by Gasteiger charge is -2.35. The molecule has 3 aromatic rings. The average Bonchev–Trinajstić information content (AvgIpc) is 3.59. The molecule has 1 amide bonds. The minimum absolute atomic E-state index is 0.0293. The van der Waals surface area contributed by atoms with Crippen LogP contribution >= 0.6 is 0 Å². The number of carbonyl (C=O) groups excluding carboxylic acids is 3. The van der Waals surface area contributed by atoms with Gasteiger partial charge < -0.3 is 23.5 Å². The molecular formula is C30H34F3N3O5. The number of ether oxygens (including phenoxy) is 1. The summed E-state index contributed by atoms with van der Waals surface area (Å²) in [7, 11) is 4.09.